The lowest BCUT2D eigenvalue weighted by Gasteiger charge is -2.05. The lowest BCUT2D eigenvalue weighted by atomic mass is 10.0. The number of aromatic nitrogens is 3. The van der Waals surface area contributed by atoms with Gasteiger partial charge in [-0.1, -0.05) is 6.07 Å². The van der Waals surface area contributed by atoms with Crippen LogP contribution in [-0.4, -0.2) is 32.5 Å². The number of hydrogen-bond acceptors (Lipinski definition) is 6. The van der Waals surface area contributed by atoms with Gasteiger partial charge in [0.15, 0.2) is 5.82 Å². The van der Waals surface area contributed by atoms with Crippen LogP contribution in [0.4, 0.5) is 11.5 Å². The fourth-order valence-corrected chi connectivity index (χ4v) is 3.46. The summed E-state index contributed by atoms with van der Waals surface area (Å²) >= 11 is 0. The van der Waals surface area contributed by atoms with Crippen molar-refractivity contribution in [2.24, 2.45) is 4.99 Å². The molecule has 0 saturated heterocycles. The number of aromatic amines is 1. The van der Waals surface area contributed by atoms with Gasteiger partial charge in [0, 0.05) is 23.4 Å². The monoisotopic (exact) mass is 443 g/mol. The summed E-state index contributed by atoms with van der Waals surface area (Å²) in [6, 6.07) is 18.5. The standard InChI is InChI=1S/C24H21N5O4/c1-15-5-4-6-21(25-15)26-16(2)22-23(17-7-13-20(33-3)14-8-17)27-28(24(22)30)18-9-11-19(12-10-18)29(31)32/h4-14,27H,1-3H3. The highest BCUT2D eigenvalue weighted by molar-refractivity contribution is 6.04. The maximum Gasteiger partial charge on any atom is 0.280 e. The number of hydrogen-bond donors (Lipinski definition) is 1. The average molecular weight is 443 g/mol. The molecular weight excluding hydrogens is 422 g/mol. The Morgan fingerprint density at radius 1 is 1.09 bits per heavy atom. The largest absolute Gasteiger partial charge is 0.497 e. The van der Waals surface area contributed by atoms with E-state index in [0.717, 1.165) is 11.3 Å². The van der Waals surface area contributed by atoms with E-state index in [-0.39, 0.29) is 11.2 Å². The van der Waals surface area contributed by atoms with Crippen molar-refractivity contribution in [3.63, 3.8) is 0 Å². The van der Waals surface area contributed by atoms with E-state index >= 15 is 0 Å². The molecule has 0 aliphatic rings. The van der Waals surface area contributed by atoms with Crippen LogP contribution in [0.5, 0.6) is 5.75 Å². The zero-order valence-electron chi connectivity index (χ0n) is 18.3. The van der Waals surface area contributed by atoms with Crippen molar-refractivity contribution in [1.29, 1.82) is 0 Å². The van der Waals surface area contributed by atoms with Gasteiger partial charge in [-0.05, 0) is 62.4 Å². The zero-order valence-corrected chi connectivity index (χ0v) is 18.3. The Bertz CT molecular complexity index is 1400. The van der Waals surface area contributed by atoms with Gasteiger partial charge in [-0.25, -0.2) is 14.7 Å². The number of H-pyrrole nitrogens is 1. The number of non-ortho nitro benzene ring substituents is 1. The summed E-state index contributed by atoms with van der Waals surface area (Å²) in [7, 11) is 1.58. The van der Waals surface area contributed by atoms with Crippen molar-refractivity contribution in [2.75, 3.05) is 7.11 Å². The van der Waals surface area contributed by atoms with E-state index in [9.17, 15) is 14.9 Å². The van der Waals surface area contributed by atoms with Gasteiger partial charge in [-0.3, -0.25) is 20.0 Å². The number of nitro benzene ring substituents is 1. The molecule has 0 atom stereocenters. The molecule has 2 aromatic carbocycles. The maximum atomic E-state index is 13.5. The second kappa shape index (κ2) is 8.91. The van der Waals surface area contributed by atoms with Gasteiger partial charge in [0.1, 0.15) is 5.75 Å². The molecule has 0 spiro atoms. The topological polar surface area (TPSA) is 115 Å². The summed E-state index contributed by atoms with van der Waals surface area (Å²) < 4.78 is 6.59. The number of benzene rings is 2. The molecule has 0 saturated carbocycles. The molecule has 0 fully saturated rings. The normalized spacial score (nSPS) is 11.4. The number of nitro groups is 1. The molecule has 0 amide bonds. The number of pyridine rings is 1. The molecule has 0 unspecified atom stereocenters. The Balaban J connectivity index is 1.89. The molecule has 4 aromatic rings. The second-order valence-corrected chi connectivity index (χ2v) is 7.34. The summed E-state index contributed by atoms with van der Waals surface area (Å²) in [6.45, 7) is 3.62. The number of rotatable bonds is 6. The fourth-order valence-electron chi connectivity index (χ4n) is 3.46. The summed E-state index contributed by atoms with van der Waals surface area (Å²) in [5.74, 6) is 1.18. The number of nitrogens with one attached hydrogen (secondary N) is 1. The van der Waals surface area contributed by atoms with Crippen molar-refractivity contribution in [2.45, 2.75) is 13.8 Å². The van der Waals surface area contributed by atoms with Crippen molar-refractivity contribution in [3.05, 3.63) is 98.5 Å². The van der Waals surface area contributed by atoms with Gasteiger partial charge in [0.05, 0.1) is 34.7 Å². The maximum absolute atomic E-state index is 13.5. The van der Waals surface area contributed by atoms with Gasteiger partial charge >= 0.3 is 0 Å². The number of nitrogens with zero attached hydrogens (tertiary/aromatic N) is 4. The van der Waals surface area contributed by atoms with Crippen LogP contribution in [0.2, 0.25) is 0 Å². The summed E-state index contributed by atoms with van der Waals surface area (Å²) in [5, 5.41) is 14.1. The quantitative estimate of drug-likeness (QED) is 0.266. The third-order valence-corrected chi connectivity index (χ3v) is 5.11. The van der Waals surface area contributed by atoms with E-state index in [4.69, 9.17) is 4.74 Å². The highest BCUT2D eigenvalue weighted by Crippen LogP contribution is 2.25. The lowest BCUT2D eigenvalue weighted by Crippen LogP contribution is -2.19. The van der Waals surface area contributed by atoms with E-state index in [1.54, 1.807) is 32.2 Å². The zero-order chi connectivity index (χ0) is 23.5. The molecule has 0 aliphatic heterocycles. The first-order valence-electron chi connectivity index (χ1n) is 10.1. The predicted octanol–water partition coefficient (Wildman–Crippen LogP) is 4.59. The molecule has 1 N–H and O–H groups in total. The summed E-state index contributed by atoms with van der Waals surface area (Å²) in [6.07, 6.45) is 0. The second-order valence-electron chi connectivity index (χ2n) is 7.34. The van der Waals surface area contributed by atoms with Crippen LogP contribution in [0.3, 0.4) is 0 Å². The third-order valence-electron chi connectivity index (χ3n) is 5.11. The number of ether oxygens (including phenoxy) is 1. The third kappa shape index (κ3) is 4.42. The molecule has 2 aromatic heterocycles. The van der Waals surface area contributed by atoms with Gasteiger partial charge < -0.3 is 4.74 Å². The van der Waals surface area contributed by atoms with E-state index < -0.39 is 4.92 Å². The summed E-state index contributed by atoms with van der Waals surface area (Å²) in [5.41, 5.74) is 3.08. The highest BCUT2D eigenvalue weighted by atomic mass is 16.6. The minimum atomic E-state index is -0.485. The van der Waals surface area contributed by atoms with E-state index in [0.29, 0.717) is 34.2 Å². The molecule has 4 rings (SSSR count). The van der Waals surface area contributed by atoms with E-state index in [1.165, 1.54) is 28.9 Å². The molecule has 0 aliphatic carbocycles. The van der Waals surface area contributed by atoms with Gasteiger partial charge in [-0.2, -0.15) is 0 Å². The van der Waals surface area contributed by atoms with Crippen molar-refractivity contribution in [1.82, 2.24) is 14.8 Å². The minimum Gasteiger partial charge on any atom is -0.497 e. The Hall–Kier alpha value is -4.53. The van der Waals surface area contributed by atoms with Crippen molar-refractivity contribution < 1.29 is 9.66 Å². The SMILES string of the molecule is COc1ccc(-c2[nH]n(-c3ccc([N+](=O)[O-])cc3)c(=O)c2C(C)=Nc2cccc(C)n2)cc1. The van der Waals surface area contributed by atoms with Crippen LogP contribution in [0, 0.1) is 17.0 Å². The highest BCUT2D eigenvalue weighted by Gasteiger charge is 2.20. The Labute approximate surface area is 189 Å². The number of aliphatic imine (C=N–C) groups is 1. The summed E-state index contributed by atoms with van der Waals surface area (Å²) in [4.78, 5) is 33.0. The van der Waals surface area contributed by atoms with Gasteiger partial charge in [-0.15, -0.1) is 0 Å². The molecule has 166 valence electrons. The van der Waals surface area contributed by atoms with Gasteiger partial charge in [0.2, 0.25) is 0 Å². The first-order valence-corrected chi connectivity index (χ1v) is 10.1. The number of aryl methyl sites for hydroxylation is 1. The smallest absolute Gasteiger partial charge is 0.280 e. The predicted molar refractivity (Wildman–Crippen MR) is 126 cm³/mol. The van der Waals surface area contributed by atoms with E-state index in [1.807, 2.05) is 31.2 Å². The Morgan fingerprint density at radius 2 is 1.79 bits per heavy atom. The molecule has 0 bridgehead atoms. The number of methoxy groups -OCH3 is 1. The van der Waals surface area contributed by atoms with E-state index in [2.05, 4.69) is 15.1 Å². The minimum absolute atomic E-state index is 0.0581. The molecule has 9 nitrogen and oxygen atoms in total. The molecule has 0 radical (unpaired) electrons. The average Bonchev–Trinajstić information content (AvgIpc) is 3.16. The van der Waals surface area contributed by atoms with Crippen LogP contribution >= 0.6 is 0 Å². The van der Waals surface area contributed by atoms with Crippen LogP contribution < -0.4 is 10.3 Å². The van der Waals surface area contributed by atoms with Gasteiger partial charge in [0.25, 0.3) is 11.2 Å². The first kappa shape index (κ1) is 21.7. The fraction of sp³-hybridized carbons (Fsp3) is 0.125. The van der Waals surface area contributed by atoms with Crippen LogP contribution in [-0.2, 0) is 0 Å². The van der Waals surface area contributed by atoms with Crippen molar-refractivity contribution in [3.8, 4) is 22.7 Å². The Morgan fingerprint density at radius 3 is 2.39 bits per heavy atom. The van der Waals surface area contributed by atoms with Crippen LogP contribution in [0.25, 0.3) is 16.9 Å². The molecule has 33 heavy (non-hydrogen) atoms. The van der Waals surface area contributed by atoms with Crippen molar-refractivity contribution >= 4 is 17.2 Å². The molecular formula is C24H21N5O4. The molecule has 9 heteroatoms. The van der Waals surface area contributed by atoms with Crippen LogP contribution in [0.1, 0.15) is 18.2 Å². The lowest BCUT2D eigenvalue weighted by molar-refractivity contribution is -0.384. The first-order chi connectivity index (χ1) is 15.9. The molecule has 2 heterocycles. The Kier molecular flexibility index (Phi) is 5.86. The van der Waals surface area contributed by atoms with Crippen LogP contribution in [0.15, 0.2) is 76.5 Å².